The molecule has 6 heteroatoms. The minimum Gasteiger partial charge on any atom is -0.487 e. The van der Waals surface area contributed by atoms with E-state index in [0.717, 1.165) is 33.1 Å². The topological polar surface area (TPSA) is 57.0 Å². The van der Waals surface area contributed by atoms with E-state index in [1.54, 1.807) is 17.0 Å². The van der Waals surface area contributed by atoms with Gasteiger partial charge in [-0.15, -0.1) is 11.3 Å². The number of hydrogen-bond donors (Lipinski definition) is 0. The van der Waals surface area contributed by atoms with Gasteiger partial charge in [-0.1, -0.05) is 30.3 Å². The summed E-state index contributed by atoms with van der Waals surface area (Å²) in [6, 6.07) is 13.8. The van der Waals surface area contributed by atoms with Crippen LogP contribution in [0.1, 0.15) is 16.8 Å². The Morgan fingerprint density at radius 3 is 2.82 bits per heavy atom. The Morgan fingerprint density at radius 1 is 1.18 bits per heavy atom. The van der Waals surface area contributed by atoms with Crippen molar-refractivity contribution in [3.8, 4) is 27.6 Å². The summed E-state index contributed by atoms with van der Waals surface area (Å²) >= 11 is 1.48. The summed E-state index contributed by atoms with van der Waals surface area (Å²) in [4.78, 5) is 22.0. The van der Waals surface area contributed by atoms with Gasteiger partial charge in [0.2, 0.25) is 0 Å². The van der Waals surface area contributed by atoms with E-state index in [0.29, 0.717) is 24.5 Å². The summed E-state index contributed by atoms with van der Waals surface area (Å²) < 4.78 is 7.98. The van der Waals surface area contributed by atoms with Gasteiger partial charge in [0, 0.05) is 29.0 Å². The zero-order valence-corrected chi connectivity index (χ0v) is 16.1. The lowest BCUT2D eigenvalue weighted by molar-refractivity contribution is 0.305. The molecule has 0 aliphatic carbocycles. The van der Waals surface area contributed by atoms with E-state index in [9.17, 15) is 4.79 Å². The Labute approximate surface area is 165 Å². The van der Waals surface area contributed by atoms with Crippen LogP contribution in [-0.2, 0) is 13.2 Å². The molecule has 0 radical (unpaired) electrons. The van der Waals surface area contributed by atoms with Crippen LogP contribution in [0.5, 0.6) is 5.75 Å². The van der Waals surface area contributed by atoms with Gasteiger partial charge >= 0.3 is 0 Å². The molecule has 5 rings (SSSR count). The first kappa shape index (κ1) is 16.9. The van der Waals surface area contributed by atoms with Crippen LogP contribution >= 0.6 is 11.3 Å². The molecule has 0 spiro atoms. The van der Waals surface area contributed by atoms with Crippen LogP contribution in [0.3, 0.4) is 0 Å². The number of ether oxygens (including phenoxy) is 1. The minimum atomic E-state index is -0.0485. The average molecular weight is 387 g/mol. The third-order valence-corrected chi connectivity index (χ3v) is 5.83. The third-order valence-electron chi connectivity index (χ3n) is 4.84. The number of nitrogens with zero attached hydrogens (tertiary/aromatic N) is 3. The van der Waals surface area contributed by atoms with Crippen molar-refractivity contribution in [1.29, 1.82) is 0 Å². The maximum absolute atomic E-state index is 13.2. The molecule has 0 fully saturated rings. The number of thiazole rings is 1. The van der Waals surface area contributed by atoms with Crippen LogP contribution in [0.25, 0.3) is 21.8 Å². The van der Waals surface area contributed by atoms with Crippen molar-refractivity contribution in [2.75, 3.05) is 0 Å². The van der Waals surface area contributed by atoms with Gasteiger partial charge in [0.25, 0.3) is 5.56 Å². The van der Waals surface area contributed by atoms with Gasteiger partial charge < -0.3 is 4.74 Å². The Balaban J connectivity index is 1.66. The van der Waals surface area contributed by atoms with Crippen molar-refractivity contribution in [2.45, 2.75) is 20.1 Å². The van der Waals surface area contributed by atoms with E-state index in [4.69, 9.17) is 4.74 Å². The molecular weight excluding hydrogens is 370 g/mol. The summed E-state index contributed by atoms with van der Waals surface area (Å²) in [5.74, 6) is 0.679. The lowest BCUT2D eigenvalue weighted by Gasteiger charge is -2.14. The van der Waals surface area contributed by atoms with Gasteiger partial charge in [-0.25, -0.2) is 4.98 Å². The van der Waals surface area contributed by atoms with Gasteiger partial charge in [-0.3, -0.25) is 14.3 Å². The fourth-order valence-electron chi connectivity index (χ4n) is 3.49. The molecule has 4 aromatic rings. The van der Waals surface area contributed by atoms with Gasteiger partial charge in [-0.05, 0) is 30.2 Å². The zero-order chi connectivity index (χ0) is 19.1. The molecule has 5 nitrogen and oxygen atoms in total. The molecule has 138 valence electrons. The van der Waals surface area contributed by atoms with Crippen molar-refractivity contribution >= 4 is 11.3 Å². The smallest absolute Gasteiger partial charge is 0.261 e. The largest absolute Gasteiger partial charge is 0.487 e. The number of aromatic nitrogens is 3. The molecule has 0 saturated carbocycles. The highest BCUT2D eigenvalue weighted by atomic mass is 32.1. The molecule has 28 heavy (non-hydrogen) atoms. The summed E-state index contributed by atoms with van der Waals surface area (Å²) in [5.41, 5.74) is 5.32. The number of hydrogen-bond acceptors (Lipinski definition) is 5. The van der Waals surface area contributed by atoms with E-state index in [1.165, 1.54) is 11.3 Å². The van der Waals surface area contributed by atoms with Gasteiger partial charge in [0.15, 0.2) is 0 Å². The van der Waals surface area contributed by atoms with Crippen molar-refractivity contribution in [1.82, 2.24) is 14.5 Å². The van der Waals surface area contributed by atoms with Crippen LogP contribution in [-0.4, -0.2) is 14.5 Å². The summed E-state index contributed by atoms with van der Waals surface area (Å²) in [6.45, 7) is 2.88. The average Bonchev–Trinajstić information content (AvgIpc) is 3.33. The molecule has 0 amide bonds. The van der Waals surface area contributed by atoms with Gasteiger partial charge in [0.05, 0.1) is 17.8 Å². The SMILES string of the molecule is Cc1csc(-c2cc(OCc3ccccc3)c3n(c2=O)Cc2ccncc2-3)n1. The number of benzene rings is 1. The van der Waals surface area contributed by atoms with Crippen LogP contribution in [0.2, 0.25) is 0 Å². The van der Waals surface area contributed by atoms with E-state index in [2.05, 4.69) is 9.97 Å². The Hall–Kier alpha value is -3.25. The highest BCUT2D eigenvalue weighted by molar-refractivity contribution is 7.13. The maximum Gasteiger partial charge on any atom is 0.261 e. The lowest BCUT2D eigenvalue weighted by atomic mass is 10.1. The molecule has 0 saturated heterocycles. The van der Waals surface area contributed by atoms with Crippen LogP contribution in [0.4, 0.5) is 0 Å². The first-order chi connectivity index (χ1) is 13.7. The summed E-state index contributed by atoms with van der Waals surface area (Å²) in [6.07, 6.45) is 3.56. The fraction of sp³-hybridized carbons (Fsp3) is 0.136. The van der Waals surface area contributed by atoms with Crippen LogP contribution in [0, 0.1) is 6.92 Å². The van der Waals surface area contributed by atoms with Crippen molar-refractivity contribution < 1.29 is 4.74 Å². The molecule has 0 N–H and O–H groups in total. The summed E-state index contributed by atoms with van der Waals surface area (Å²) in [7, 11) is 0. The van der Waals surface area contributed by atoms with Crippen molar-refractivity contribution in [3.63, 3.8) is 0 Å². The monoisotopic (exact) mass is 387 g/mol. The molecule has 1 aliphatic heterocycles. The number of pyridine rings is 2. The number of rotatable bonds is 4. The second-order valence-corrected chi connectivity index (χ2v) is 7.62. The molecule has 1 aromatic carbocycles. The zero-order valence-electron chi connectivity index (χ0n) is 15.3. The third kappa shape index (κ3) is 2.82. The molecule has 3 aromatic heterocycles. The van der Waals surface area contributed by atoms with E-state index in [-0.39, 0.29) is 5.56 Å². The van der Waals surface area contributed by atoms with Gasteiger partial charge in [0.1, 0.15) is 17.4 Å². The van der Waals surface area contributed by atoms with Crippen molar-refractivity contribution in [2.24, 2.45) is 0 Å². The standard InChI is InChI=1S/C22H17N3O2S/c1-14-13-28-21(24-14)17-9-19(27-12-15-5-3-2-4-6-15)20-18-10-23-8-7-16(18)11-25(20)22(17)26/h2-10,13H,11-12H2,1H3. The van der Waals surface area contributed by atoms with Crippen LogP contribution in [0.15, 0.2) is 65.0 Å². The predicted octanol–water partition coefficient (Wildman–Crippen LogP) is 4.28. The quantitative estimate of drug-likeness (QED) is 0.462. The molecule has 4 heterocycles. The predicted molar refractivity (Wildman–Crippen MR) is 110 cm³/mol. The molecule has 1 aliphatic rings. The number of fused-ring (bicyclic) bond motifs is 3. The Kier molecular flexibility index (Phi) is 4.06. The van der Waals surface area contributed by atoms with E-state index >= 15 is 0 Å². The van der Waals surface area contributed by atoms with E-state index < -0.39 is 0 Å². The first-order valence-corrected chi connectivity index (χ1v) is 9.89. The summed E-state index contributed by atoms with van der Waals surface area (Å²) in [5, 5.41) is 2.67. The number of aryl methyl sites for hydroxylation is 1. The van der Waals surface area contributed by atoms with Crippen LogP contribution < -0.4 is 10.3 Å². The molecule has 0 bridgehead atoms. The molecule has 0 unspecified atom stereocenters. The minimum absolute atomic E-state index is 0.0485. The second kappa shape index (κ2) is 6.73. The normalized spacial score (nSPS) is 11.9. The second-order valence-electron chi connectivity index (χ2n) is 6.76. The highest BCUT2D eigenvalue weighted by Gasteiger charge is 2.26. The van der Waals surface area contributed by atoms with Crippen molar-refractivity contribution in [3.05, 3.63) is 87.4 Å². The maximum atomic E-state index is 13.2. The fourth-order valence-corrected chi connectivity index (χ4v) is 4.30. The molecular formula is C22H17N3O2S. The van der Waals surface area contributed by atoms with Gasteiger partial charge in [-0.2, -0.15) is 0 Å². The Bertz CT molecular complexity index is 1230. The highest BCUT2D eigenvalue weighted by Crippen LogP contribution is 2.39. The lowest BCUT2D eigenvalue weighted by Crippen LogP contribution is -2.21. The Morgan fingerprint density at radius 2 is 2.04 bits per heavy atom. The van der Waals surface area contributed by atoms with E-state index in [1.807, 2.05) is 54.8 Å². The molecule has 0 atom stereocenters. The first-order valence-electron chi connectivity index (χ1n) is 9.01.